The molecule has 2 saturated heterocycles. The van der Waals surface area contributed by atoms with E-state index >= 15 is 0 Å². The molecule has 2 aliphatic rings. The van der Waals surface area contributed by atoms with E-state index in [9.17, 15) is 18.0 Å². The van der Waals surface area contributed by atoms with Crippen LogP contribution in [0, 0.1) is 0 Å². The van der Waals surface area contributed by atoms with Crippen LogP contribution in [-0.4, -0.2) is 74.1 Å². The van der Waals surface area contributed by atoms with E-state index in [0.717, 1.165) is 50.4 Å². The number of amides is 1. The van der Waals surface area contributed by atoms with E-state index in [1.807, 2.05) is 9.80 Å². The van der Waals surface area contributed by atoms with Gasteiger partial charge in [-0.15, -0.1) is 0 Å². The molecule has 1 amide bonds. The fourth-order valence-electron chi connectivity index (χ4n) is 3.76. The van der Waals surface area contributed by atoms with Gasteiger partial charge in [-0.25, -0.2) is 0 Å². The Balaban J connectivity index is 1.53. The number of nitrogens with zero attached hydrogens (tertiary/aromatic N) is 3. The van der Waals surface area contributed by atoms with Gasteiger partial charge >= 0.3 is 6.18 Å². The molecule has 1 aromatic carbocycles. The lowest BCUT2D eigenvalue weighted by Crippen LogP contribution is -2.60. The van der Waals surface area contributed by atoms with Gasteiger partial charge in [0, 0.05) is 51.5 Å². The van der Waals surface area contributed by atoms with Gasteiger partial charge in [0.15, 0.2) is 0 Å². The van der Waals surface area contributed by atoms with E-state index < -0.39 is 11.7 Å². The molecule has 27 heavy (non-hydrogen) atoms. The second-order valence-corrected chi connectivity index (χ2v) is 7.16. The van der Waals surface area contributed by atoms with Crippen LogP contribution in [0.2, 0.25) is 0 Å². The molecule has 0 spiro atoms. The van der Waals surface area contributed by atoms with Gasteiger partial charge in [0.2, 0.25) is 5.91 Å². The number of alkyl halides is 3. The third kappa shape index (κ3) is 4.93. The molecule has 0 aliphatic carbocycles. The fraction of sp³-hybridized carbons (Fsp3) is 0.632. The number of carbonyl (C=O) groups is 1. The number of piperazine rings is 2. The third-order valence-corrected chi connectivity index (χ3v) is 5.25. The molecule has 1 N–H and O–H groups in total. The zero-order chi connectivity index (χ0) is 19.4. The number of benzene rings is 1. The van der Waals surface area contributed by atoms with Crippen molar-refractivity contribution < 1.29 is 18.0 Å². The van der Waals surface area contributed by atoms with Gasteiger partial charge in [-0.3, -0.25) is 4.79 Å². The molecule has 150 valence electrons. The Bertz CT molecular complexity index is 625. The van der Waals surface area contributed by atoms with E-state index in [0.29, 0.717) is 26.2 Å². The highest BCUT2D eigenvalue weighted by Gasteiger charge is 2.32. The summed E-state index contributed by atoms with van der Waals surface area (Å²) in [5, 5.41) is 3.31. The molecule has 2 aliphatic heterocycles. The summed E-state index contributed by atoms with van der Waals surface area (Å²) in [5.41, 5.74) is 0.125. The van der Waals surface area contributed by atoms with E-state index in [-0.39, 0.29) is 11.9 Å². The normalized spacial score (nSPS) is 22.1. The number of halogens is 3. The van der Waals surface area contributed by atoms with Crippen molar-refractivity contribution in [3.63, 3.8) is 0 Å². The van der Waals surface area contributed by atoms with Crippen LogP contribution >= 0.6 is 0 Å². The van der Waals surface area contributed by atoms with Crippen LogP contribution < -0.4 is 10.2 Å². The summed E-state index contributed by atoms with van der Waals surface area (Å²) in [5.74, 6) is 0.128. The summed E-state index contributed by atoms with van der Waals surface area (Å²) in [6.07, 6.45) is -3.24. The van der Waals surface area contributed by atoms with Gasteiger partial charge in [0.25, 0.3) is 0 Å². The Labute approximate surface area is 158 Å². The van der Waals surface area contributed by atoms with Gasteiger partial charge in [-0.05, 0) is 37.2 Å². The molecule has 3 rings (SSSR count). The topological polar surface area (TPSA) is 38.8 Å². The number of rotatable bonds is 4. The summed E-state index contributed by atoms with van der Waals surface area (Å²) >= 11 is 0. The lowest BCUT2D eigenvalue weighted by Gasteiger charge is -2.40. The van der Waals surface area contributed by atoms with E-state index in [1.54, 1.807) is 0 Å². The van der Waals surface area contributed by atoms with Crippen molar-refractivity contribution in [3.8, 4) is 0 Å². The minimum absolute atomic E-state index is 0.128. The van der Waals surface area contributed by atoms with Crippen LogP contribution in [0.4, 0.5) is 18.9 Å². The van der Waals surface area contributed by atoms with Crippen molar-refractivity contribution >= 4 is 11.6 Å². The number of hydrogen-bond acceptors (Lipinski definition) is 4. The minimum Gasteiger partial charge on any atom is -0.368 e. The van der Waals surface area contributed by atoms with Crippen LogP contribution in [0.25, 0.3) is 0 Å². The monoisotopic (exact) mass is 384 g/mol. The second-order valence-electron chi connectivity index (χ2n) is 7.16. The maximum Gasteiger partial charge on any atom is 0.416 e. The van der Waals surface area contributed by atoms with E-state index in [2.05, 4.69) is 17.1 Å². The zero-order valence-electron chi connectivity index (χ0n) is 15.6. The van der Waals surface area contributed by atoms with Crippen LogP contribution in [-0.2, 0) is 11.0 Å². The van der Waals surface area contributed by atoms with Crippen molar-refractivity contribution in [3.05, 3.63) is 29.8 Å². The molecule has 5 nitrogen and oxygen atoms in total. The van der Waals surface area contributed by atoms with Crippen molar-refractivity contribution in [1.29, 1.82) is 0 Å². The zero-order valence-corrected chi connectivity index (χ0v) is 15.6. The van der Waals surface area contributed by atoms with Gasteiger partial charge in [-0.2, -0.15) is 13.2 Å². The maximum absolute atomic E-state index is 12.8. The first-order valence-electron chi connectivity index (χ1n) is 9.55. The molecular formula is C19H27F3N4O. The van der Waals surface area contributed by atoms with Crippen LogP contribution in [0.3, 0.4) is 0 Å². The lowest BCUT2D eigenvalue weighted by atomic mass is 10.1. The highest BCUT2D eigenvalue weighted by Crippen LogP contribution is 2.30. The highest BCUT2D eigenvalue weighted by molar-refractivity contribution is 5.82. The molecular weight excluding hydrogens is 357 g/mol. The molecule has 0 bridgehead atoms. The quantitative estimate of drug-likeness (QED) is 0.862. The molecule has 8 heteroatoms. The van der Waals surface area contributed by atoms with Gasteiger partial charge in [0.05, 0.1) is 11.6 Å². The van der Waals surface area contributed by atoms with Crippen LogP contribution in [0.1, 0.15) is 18.9 Å². The lowest BCUT2D eigenvalue weighted by molar-refractivity contribution is -0.137. The minimum atomic E-state index is -4.32. The number of anilines is 1. The fourth-order valence-corrected chi connectivity index (χ4v) is 3.76. The van der Waals surface area contributed by atoms with Crippen molar-refractivity contribution in [1.82, 2.24) is 15.1 Å². The highest BCUT2D eigenvalue weighted by atomic mass is 19.4. The largest absolute Gasteiger partial charge is 0.416 e. The molecule has 0 aromatic heterocycles. The maximum atomic E-state index is 12.8. The summed E-state index contributed by atoms with van der Waals surface area (Å²) in [6.45, 7) is 8.11. The molecule has 0 unspecified atom stereocenters. The second kappa shape index (κ2) is 8.48. The smallest absolute Gasteiger partial charge is 0.368 e. The Hall–Kier alpha value is -1.80. The Kier molecular flexibility index (Phi) is 6.26. The Morgan fingerprint density at radius 2 is 1.78 bits per heavy atom. The molecule has 2 fully saturated rings. The third-order valence-electron chi connectivity index (χ3n) is 5.25. The predicted octanol–water partition coefficient (Wildman–Crippen LogP) is 2.04. The standard InChI is InChI=1S/C19H27F3N4O/c1-2-8-24-9-7-23-17(14-24)18(27)26-12-10-25(11-13-26)16-5-3-15(4-6-16)19(20,21)22/h3-6,17,23H,2,7-14H2,1H3/t17-/m1/s1. The molecule has 2 heterocycles. The average molecular weight is 384 g/mol. The Morgan fingerprint density at radius 3 is 2.37 bits per heavy atom. The van der Waals surface area contributed by atoms with Crippen molar-refractivity contribution in [2.75, 3.05) is 57.3 Å². The van der Waals surface area contributed by atoms with E-state index in [1.165, 1.54) is 12.1 Å². The summed E-state index contributed by atoms with van der Waals surface area (Å²) in [6, 6.07) is 5.07. The average Bonchev–Trinajstić information content (AvgIpc) is 2.67. The van der Waals surface area contributed by atoms with Crippen LogP contribution in [0.15, 0.2) is 24.3 Å². The SMILES string of the molecule is CCCN1CCN[C@@H](C(=O)N2CCN(c3ccc(C(F)(F)F)cc3)CC2)C1. The summed E-state index contributed by atoms with van der Waals surface area (Å²) in [7, 11) is 0. The number of nitrogens with one attached hydrogen (secondary N) is 1. The van der Waals surface area contributed by atoms with Gasteiger partial charge in [0.1, 0.15) is 0 Å². The molecule has 1 atom stereocenters. The number of hydrogen-bond donors (Lipinski definition) is 1. The first-order valence-corrected chi connectivity index (χ1v) is 9.55. The predicted molar refractivity (Wildman–Crippen MR) is 98.8 cm³/mol. The molecule has 1 aromatic rings. The number of carbonyl (C=O) groups excluding carboxylic acids is 1. The summed E-state index contributed by atoms with van der Waals surface area (Å²) in [4.78, 5) is 19.0. The molecule has 0 saturated carbocycles. The van der Waals surface area contributed by atoms with Gasteiger partial charge < -0.3 is 20.0 Å². The molecule has 0 radical (unpaired) electrons. The van der Waals surface area contributed by atoms with Crippen molar-refractivity contribution in [2.24, 2.45) is 0 Å². The first kappa shape index (κ1) is 19.9. The van der Waals surface area contributed by atoms with E-state index in [4.69, 9.17) is 0 Å². The van der Waals surface area contributed by atoms with Crippen molar-refractivity contribution in [2.45, 2.75) is 25.6 Å². The van der Waals surface area contributed by atoms with Gasteiger partial charge in [-0.1, -0.05) is 6.92 Å². The Morgan fingerprint density at radius 1 is 1.11 bits per heavy atom. The summed E-state index contributed by atoms with van der Waals surface area (Å²) < 4.78 is 38.1. The van der Waals surface area contributed by atoms with Crippen LogP contribution in [0.5, 0.6) is 0 Å². The first-order chi connectivity index (χ1) is 12.9.